The SMILES string of the molecule is CCCCOc1ccc(-c2cnc(N)s2)cc1OC. The summed E-state index contributed by atoms with van der Waals surface area (Å²) in [7, 11) is 1.65. The van der Waals surface area contributed by atoms with Crippen LogP contribution in [0.1, 0.15) is 19.8 Å². The first-order valence-corrected chi connectivity index (χ1v) is 7.08. The van der Waals surface area contributed by atoms with Crippen LogP contribution in [0.5, 0.6) is 11.5 Å². The molecule has 5 heteroatoms. The summed E-state index contributed by atoms with van der Waals surface area (Å²) in [4.78, 5) is 5.08. The van der Waals surface area contributed by atoms with Crippen molar-refractivity contribution >= 4 is 16.5 Å². The van der Waals surface area contributed by atoms with E-state index in [9.17, 15) is 0 Å². The van der Waals surface area contributed by atoms with Gasteiger partial charge < -0.3 is 15.2 Å². The zero-order valence-corrected chi connectivity index (χ0v) is 12.0. The van der Waals surface area contributed by atoms with Gasteiger partial charge in [-0.25, -0.2) is 4.98 Å². The quantitative estimate of drug-likeness (QED) is 0.820. The molecule has 4 nitrogen and oxygen atoms in total. The summed E-state index contributed by atoms with van der Waals surface area (Å²) < 4.78 is 11.1. The van der Waals surface area contributed by atoms with Crippen LogP contribution in [0.4, 0.5) is 5.13 Å². The van der Waals surface area contributed by atoms with E-state index in [2.05, 4.69) is 11.9 Å². The number of thiazole rings is 1. The number of benzene rings is 1. The number of aromatic nitrogens is 1. The number of ether oxygens (including phenoxy) is 2. The first-order valence-electron chi connectivity index (χ1n) is 6.27. The second-order valence-corrected chi connectivity index (χ2v) is 5.19. The van der Waals surface area contributed by atoms with Gasteiger partial charge in [0.15, 0.2) is 16.6 Å². The molecule has 102 valence electrons. The van der Waals surface area contributed by atoms with Crippen LogP contribution >= 0.6 is 11.3 Å². The highest BCUT2D eigenvalue weighted by Gasteiger charge is 2.09. The summed E-state index contributed by atoms with van der Waals surface area (Å²) in [5.74, 6) is 1.51. The summed E-state index contributed by atoms with van der Waals surface area (Å²) in [6.45, 7) is 2.84. The summed E-state index contributed by atoms with van der Waals surface area (Å²) in [5.41, 5.74) is 6.68. The number of nitrogens with zero attached hydrogens (tertiary/aromatic N) is 1. The molecule has 0 unspecified atom stereocenters. The molecule has 1 aromatic heterocycles. The lowest BCUT2D eigenvalue weighted by Gasteiger charge is -2.11. The van der Waals surface area contributed by atoms with E-state index >= 15 is 0 Å². The van der Waals surface area contributed by atoms with E-state index in [-0.39, 0.29) is 0 Å². The van der Waals surface area contributed by atoms with Gasteiger partial charge in [0.25, 0.3) is 0 Å². The molecule has 0 spiro atoms. The third kappa shape index (κ3) is 3.38. The van der Waals surface area contributed by atoms with Crippen LogP contribution in [0.3, 0.4) is 0 Å². The van der Waals surface area contributed by atoms with Crippen molar-refractivity contribution in [3.8, 4) is 21.9 Å². The topological polar surface area (TPSA) is 57.4 Å². The molecule has 0 bridgehead atoms. The maximum atomic E-state index is 5.70. The fourth-order valence-corrected chi connectivity index (χ4v) is 2.37. The number of nitrogens with two attached hydrogens (primary N) is 1. The van der Waals surface area contributed by atoms with E-state index in [1.54, 1.807) is 13.3 Å². The van der Waals surface area contributed by atoms with Gasteiger partial charge in [0.1, 0.15) is 0 Å². The van der Waals surface area contributed by atoms with Crippen LogP contribution < -0.4 is 15.2 Å². The van der Waals surface area contributed by atoms with E-state index in [4.69, 9.17) is 15.2 Å². The van der Waals surface area contributed by atoms with Gasteiger partial charge in [-0.15, -0.1) is 0 Å². The third-order valence-corrected chi connectivity index (χ3v) is 3.60. The molecule has 1 heterocycles. The van der Waals surface area contributed by atoms with Crippen LogP contribution in [0.2, 0.25) is 0 Å². The van der Waals surface area contributed by atoms with Crippen molar-refractivity contribution in [3.63, 3.8) is 0 Å². The Labute approximate surface area is 117 Å². The van der Waals surface area contributed by atoms with Gasteiger partial charge in [0, 0.05) is 6.20 Å². The Kier molecular flexibility index (Phi) is 4.63. The van der Waals surface area contributed by atoms with Gasteiger partial charge in [-0.05, 0) is 30.2 Å². The first kappa shape index (κ1) is 13.7. The van der Waals surface area contributed by atoms with Crippen molar-refractivity contribution in [2.45, 2.75) is 19.8 Å². The minimum Gasteiger partial charge on any atom is -0.493 e. The second kappa shape index (κ2) is 6.43. The average molecular weight is 278 g/mol. The minimum atomic E-state index is 0.567. The third-order valence-electron chi connectivity index (χ3n) is 2.73. The molecule has 0 aliphatic rings. The lowest BCUT2D eigenvalue weighted by Crippen LogP contribution is -1.98. The highest BCUT2D eigenvalue weighted by Crippen LogP contribution is 2.35. The van der Waals surface area contributed by atoms with Gasteiger partial charge in [0.2, 0.25) is 0 Å². The summed E-state index contributed by atoms with van der Waals surface area (Å²) in [6.07, 6.45) is 3.92. The summed E-state index contributed by atoms with van der Waals surface area (Å²) in [5, 5.41) is 0.567. The highest BCUT2D eigenvalue weighted by molar-refractivity contribution is 7.18. The molecular formula is C14H18N2O2S. The van der Waals surface area contributed by atoms with Crippen LogP contribution in [0.15, 0.2) is 24.4 Å². The van der Waals surface area contributed by atoms with E-state index < -0.39 is 0 Å². The lowest BCUT2D eigenvalue weighted by molar-refractivity contribution is 0.288. The number of anilines is 1. The normalized spacial score (nSPS) is 10.4. The molecule has 19 heavy (non-hydrogen) atoms. The summed E-state index contributed by atoms with van der Waals surface area (Å²) in [6, 6.07) is 5.88. The number of unbranched alkanes of at least 4 members (excludes halogenated alkanes) is 1. The van der Waals surface area contributed by atoms with Crippen molar-refractivity contribution < 1.29 is 9.47 Å². The predicted molar refractivity (Wildman–Crippen MR) is 78.9 cm³/mol. The van der Waals surface area contributed by atoms with Gasteiger partial charge in [-0.1, -0.05) is 24.7 Å². The van der Waals surface area contributed by atoms with Crippen molar-refractivity contribution in [1.82, 2.24) is 4.98 Å². The van der Waals surface area contributed by atoms with Gasteiger partial charge >= 0.3 is 0 Å². The van der Waals surface area contributed by atoms with Gasteiger partial charge in [-0.3, -0.25) is 0 Å². The van der Waals surface area contributed by atoms with E-state index in [1.165, 1.54) is 11.3 Å². The minimum absolute atomic E-state index is 0.567. The molecule has 0 saturated heterocycles. The maximum absolute atomic E-state index is 5.70. The molecule has 0 atom stereocenters. The van der Waals surface area contributed by atoms with Crippen molar-refractivity contribution in [3.05, 3.63) is 24.4 Å². The largest absolute Gasteiger partial charge is 0.493 e. The monoisotopic (exact) mass is 278 g/mol. The molecule has 0 fully saturated rings. The van der Waals surface area contributed by atoms with E-state index in [0.29, 0.717) is 11.7 Å². The van der Waals surface area contributed by atoms with Crippen molar-refractivity contribution in [2.75, 3.05) is 19.5 Å². The molecule has 2 rings (SSSR count). The Hall–Kier alpha value is -1.75. The van der Waals surface area contributed by atoms with Crippen LogP contribution in [-0.2, 0) is 0 Å². The second-order valence-electron chi connectivity index (χ2n) is 4.13. The molecular weight excluding hydrogens is 260 g/mol. The van der Waals surface area contributed by atoms with Crippen LogP contribution in [0.25, 0.3) is 10.4 Å². The lowest BCUT2D eigenvalue weighted by atomic mass is 10.2. The number of rotatable bonds is 6. The van der Waals surface area contributed by atoms with E-state index in [1.807, 2.05) is 18.2 Å². The molecule has 0 amide bonds. The molecule has 2 aromatic rings. The Morgan fingerprint density at radius 1 is 1.32 bits per heavy atom. The first-order chi connectivity index (χ1) is 9.24. The molecule has 0 radical (unpaired) electrons. The van der Waals surface area contributed by atoms with Crippen molar-refractivity contribution in [1.29, 1.82) is 0 Å². The average Bonchev–Trinajstić information content (AvgIpc) is 2.86. The maximum Gasteiger partial charge on any atom is 0.180 e. The molecule has 1 aromatic carbocycles. The highest BCUT2D eigenvalue weighted by atomic mass is 32.1. The molecule has 0 saturated carbocycles. The number of hydrogen-bond acceptors (Lipinski definition) is 5. The Morgan fingerprint density at radius 3 is 2.79 bits per heavy atom. The number of nitrogen functional groups attached to an aromatic ring is 1. The Morgan fingerprint density at radius 2 is 2.16 bits per heavy atom. The number of methoxy groups -OCH3 is 1. The number of hydrogen-bond donors (Lipinski definition) is 1. The smallest absolute Gasteiger partial charge is 0.180 e. The van der Waals surface area contributed by atoms with Gasteiger partial charge in [-0.2, -0.15) is 0 Å². The zero-order valence-electron chi connectivity index (χ0n) is 11.2. The zero-order chi connectivity index (χ0) is 13.7. The molecule has 0 aliphatic carbocycles. The van der Waals surface area contributed by atoms with Crippen LogP contribution in [-0.4, -0.2) is 18.7 Å². The van der Waals surface area contributed by atoms with Crippen molar-refractivity contribution in [2.24, 2.45) is 0 Å². The van der Waals surface area contributed by atoms with Gasteiger partial charge in [0.05, 0.1) is 18.6 Å². The fourth-order valence-electron chi connectivity index (χ4n) is 1.69. The van der Waals surface area contributed by atoms with E-state index in [0.717, 1.165) is 34.8 Å². The fraction of sp³-hybridized carbons (Fsp3) is 0.357. The Bertz CT molecular complexity index is 540. The standard InChI is InChI=1S/C14H18N2O2S/c1-3-4-7-18-11-6-5-10(8-12(11)17-2)13-9-16-14(15)19-13/h5-6,8-9H,3-4,7H2,1-2H3,(H2,15,16). The molecule has 2 N–H and O–H groups in total. The Balaban J connectivity index is 2.20. The predicted octanol–water partition coefficient (Wildman–Crippen LogP) is 3.58. The molecule has 0 aliphatic heterocycles. The van der Waals surface area contributed by atoms with Crippen LogP contribution in [0, 0.1) is 0 Å². The summed E-state index contributed by atoms with van der Waals surface area (Å²) >= 11 is 1.46.